The van der Waals surface area contributed by atoms with Gasteiger partial charge in [0, 0.05) is 38.1 Å². The molecule has 0 aliphatic heterocycles. The highest BCUT2D eigenvalue weighted by molar-refractivity contribution is 7.98. The van der Waals surface area contributed by atoms with Crippen molar-refractivity contribution in [2.24, 2.45) is 0 Å². The topological polar surface area (TPSA) is 41.6 Å². The molecule has 0 heterocycles. The SMILES string of the molecule is COCCCN(C)CCC(=O)Nc1ccccc1SC. The van der Waals surface area contributed by atoms with E-state index in [2.05, 4.69) is 10.2 Å². The second-order valence-corrected chi connectivity index (χ2v) is 5.50. The van der Waals surface area contributed by atoms with Gasteiger partial charge < -0.3 is 15.0 Å². The number of nitrogens with zero attached hydrogens (tertiary/aromatic N) is 1. The van der Waals surface area contributed by atoms with Crippen LogP contribution in [0, 0.1) is 0 Å². The highest BCUT2D eigenvalue weighted by Gasteiger charge is 2.07. The second kappa shape index (κ2) is 9.80. The fourth-order valence-electron chi connectivity index (χ4n) is 1.84. The monoisotopic (exact) mass is 296 g/mol. The number of carbonyl (C=O) groups excluding carboxylic acids is 1. The normalized spacial score (nSPS) is 10.8. The molecule has 4 nitrogen and oxygen atoms in total. The van der Waals surface area contributed by atoms with E-state index in [4.69, 9.17) is 4.74 Å². The minimum Gasteiger partial charge on any atom is -0.385 e. The number of hydrogen-bond acceptors (Lipinski definition) is 4. The van der Waals surface area contributed by atoms with Gasteiger partial charge in [0.1, 0.15) is 0 Å². The summed E-state index contributed by atoms with van der Waals surface area (Å²) in [7, 11) is 3.73. The van der Waals surface area contributed by atoms with Crippen LogP contribution < -0.4 is 5.32 Å². The molecule has 0 spiro atoms. The van der Waals surface area contributed by atoms with Gasteiger partial charge in [-0.3, -0.25) is 4.79 Å². The Morgan fingerprint density at radius 3 is 2.80 bits per heavy atom. The smallest absolute Gasteiger partial charge is 0.225 e. The molecular weight excluding hydrogens is 272 g/mol. The van der Waals surface area contributed by atoms with Gasteiger partial charge in [0.25, 0.3) is 0 Å². The number of benzene rings is 1. The van der Waals surface area contributed by atoms with Crippen molar-refractivity contribution >= 4 is 23.4 Å². The molecule has 0 aromatic heterocycles. The molecular formula is C15H24N2O2S. The fourth-order valence-corrected chi connectivity index (χ4v) is 2.40. The standard InChI is InChI=1S/C15H24N2O2S/c1-17(10-6-12-19-2)11-9-15(18)16-13-7-4-5-8-14(13)20-3/h4-5,7-8H,6,9-12H2,1-3H3,(H,16,18). The highest BCUT2D eigenvalue weighted by atomic mass is 32.2. The molecule has 112 valence electrons. The molecule has 1 amide bonds. The number of thioether (sulfide) groups is 1. The number of anilines is 1. The van der Waals surface area contributed by atoms with Crippen LogP contribution in [-0.2, 0) is 9.53 Å². The molecule has 0 fully saturated rings. The van der Waals surface area contributed by atoms with E-state index in [-0.39, 0.29) is 5.91 Å². The van der Waals surface area contributed by atoms with Crippen molar-refractivity contribution in [1.29, 1.82) is 0 Å². The van der Waals surface area contributed by atoms with E-state index in [9.17, 15) is 4.79 Å². The van der Waals surface area contributed by atoms with Crippen molar-refractivity contribution in [3.8, 4) is 0 Å². The first-order valence-corrected chi connectivity index (χ1v) is 8.00. The van der Waals surface area contributed by atoms with Crippen LogP contribution in [0.2, 0.25) is 0 Å². The molecule has 20 heavy (non-hydrogen) atoms. The van der Waals surface area contributed by atoms with E-state index in [1.807, 2.05) is 37.6 Å². The number of ether oxygens (including phenoxy) is 1. The molecule has 1 aromatic rings. The molecule has 0 saturated heterocycles. The van der Waals surface area contributed by atoms with E-state index in [0.29, 0.717) is 6.42 Å². The molecule has 0 aliphatic carbocycles. The Morgan fingerprint density at radius 2 is 2.10 bits per heavy atom. The number of para-hydroxylation sites is 1. The predicted molar refractivity (Wildman–Crippen MR) is 85.5 cm³/mol. The van der Waals surface area contributed by atoms with Crippen LogP contribution in [0.4, 0.5) is 5.69 Å². The summed E-state index contributed by atoms with van der Waals surface area (Å²) < 4.78 is 5.01. The average molecular weight is 296 g/mol. The van der Waals surface area contributed by atoms with Gasteiger partial charge in [0.2, 0.25) is 5.91 Å². The van der Waals surface area contributed by atoms with Gasteiger partial charge in [-0.15, -0.1) is 11.8 Å². The average Bonchev–Trinajstić information content (AvgIpc) is 2.46. The molecule has 1 aromatic carbocycles. The lowest BCUT2D eigenvalue weighted by Crippen LogP contribution is -2.25. The molecule has 1 N–H and O–H groups in total. The Kier molecular flexibility index (Phi) is 8.34. The van der Waals surface area contributed by atoms with Crippen LogP contribution in [0.5, 0.6) is 0 Å². The van der Waals surface area contributed by atoms with Crippen molar-refractivity contribution in [2.45, 2.75) is 17.7 Å². The second-order valence-electron chi connectivity index (χ2n) is 4.65. The van der Waals surface area contributed by atoms with Crippen LogP contribution in [0.3, 0.4) is 0 Å². The Morgan fingerprint density at radius 1 is 1.35 bits per heavy atom. The minimum atomic E-state index is 0.0603. The summed E-state index contributed by atoms with van der Waals surface area (Å²) in [5.74, 6) is 0.0603. The Hall–Kier alpha value is -1.04. The molecule has 0 radical (unpaired) electrons. The summed E-state index contributed by atoms with van der Waals surface area (Å²) in [4.78, 5) is 15.2. The predicted octanol–water partition coefficient (Wildman–Crippen LogP) is 2.71. The molecule has 0 atom stereocenters. The number of nitrogens with one attached hydrogen (secondary N) is 1. The Labute approximate surface area is 125 Å². The van der Waals surface area contributed by atoms with E-state index in [1.54, 1.807) is 18.9 Å². The first kappa shape index (κ1) is 17.0. The summed E-state index contributed by atoms with van der Waals surface area (Å²) in [5, 5.41) is 2.97. The molecule has 0 saturated carbocycles. The number of amides is 1. The molecule has 1 rings (SSSR count). The van der Waals surface area contributed by atoms with E-state index < -0.39 is 0 Å². The zero-order valence-electron chi connectivity index (χ0n) is 12.5. The summed E-state index contributed by atoms with van der Waals surface area (Å²) in [6, 6.07) is 7.86. The third kappa shape index (κ3) is 6.41. The maximum absolute atomic E-state index is 11.9. The van der Waals surface area contributed by atoms with Gasteiger partial charge in [-0.2, -0.15) is 0 Å². The lowest BCUT2D eigenvalue weighted by atomic mass is 10.3. The van der Waals surface area contributed by atoms with E-state index in [0.717, 1.165) is 36.7 Å². The van der Waals surface area contributed by atoms with Crippen molar-refractivity contribution in [3.05, 3.63) is 24.3 Å². The van der Waals surface area contributed by atoms with Crippen LogP contribution in [0.1, 0.15) is 12.8 Å². The minimum absolute atomic E-state index is 0.0603. The fraction of sp³-hybridized carbons (Fsp3) is 0.533. The lowest BCUT2D eigenvalue weighted by Gasteiger charge is -2.16. The summed E-state index contributed by atoms with van der Waals surface area (Å²) in [6.45, 7) is 2.47. The van der Waals surface area contributed by atoms with Gasteiger partial charge >= 0.3 is 0 Å². The first-order chi connectivity index (χ1) is 9.67. The van der Waals surface area contributed by atoms with Crippen LogP contribution >= 0.6 is 11.8 Å². The summed E-state index contributed by atoms with van der Waals surface area (Å²) in [6.07, 6.45) is 3.50. The first-order valence-electron chi connectivity index (χ1n) is 6.77. The van der Waals surface area contributed by atoms with Crippen LogP contribution in [0.25, 0.3) is 0 Å². The lowest BCUT2D eigenvalue weighted by molar-refractivity contribution is -0.116. The number of carbonyl (C=O) groups is 1. The van der Waals surface area contributed by atoms with Crippen molar-refractivity contribution in [2.75, 3.05) is 45.4 Å². The summed E-state index contributed by atoms with van der Waals surface area (Å²) in [5.41, 5.74) is 0.895. The van der Waals surface area contributed by atoms with Crippen molar-refractivity contribution in [3.63, 3.8) is 0 Å². The number of hydrogen-bond donors (Lipinski definition) is 1. The third-order valence-electron chi connectivity index (χ3n) is 2.99. The molecule has 0 bridgehead atoms. The quantitative estimate of drug-likeness (QED) is 0.562. The van der Waals surface area contributed by atoms with Gasteiger partial charge in [0.05, 0.1) is 5.69 Å². The van der Waals surface area contributed by atoms with Gasteiger partial charge in [-0.25, -0.2) is 0 Å². The molecule has 0 unspecified atom stereocenters. The summed E-state index contributed by atoms with van der Waals surface area (Å²) >= 11 is 1.64. The van der Waals surface area contributed by atoms with Crippen LogP contribution in [0.15, 0.2) is 29.2 Å². The molecule has 0 aliphatic rings. The van der Waals surface area contributed by atoms with Crippen LogP contribution in [-0.4, -0.2) is 50.9 Å². The van der Waals surface area contributed by atoms with Crippen molar-refractivity contribution < 1.29 is 9.53 Å². The number of methoxy groups -OCH3 is 1. The van der Waals surface area contributed by atoms with E-state index >= 15 is 0 Å². The zero-order chi connectivity index (χ0) is 14.8. The van der Waals surface area contributed by atoms with Gasteiger partial charge in [-0.1, -0.05) is 12.1 Å². The zero-order valence-corrected chi connectivity index (χ0v) is 13.3. The maximum atomic E-state index is 11.9. The largest absolute Gasteiger partial charge is 0.385 e. The van der Waals surface area contributed by atoms with E-state index in [1.165, 1.54) is 0 Å². The molecule has 5 heteroatoms. The highest BCUT2D eigenvalue weighted by Crippen LogP contribution is 2.24. The van der Waals surface area contributed by atoms with Gasteiger partial charge in [0.15, 0.2) is 0 Å². The van der Waals surface area contributed by atoms with Gasteiger partial charge in [-0.05, 0) is 31.9 Å². The Bertz CT molecular complexity index is 413. The number of rotatable bonds is 9. The van der Waals surface area contributed by atoms with Crippen molar-refractivity contribution in [1.82, 2.24) is 4.90 Å². The Balaban J connectivity index is 2.33. The third-order valence-corrected chi connectivity index (χ3v) is 3.79. The maximum Gasteiger partial charge on any atom is 0.225 e.